The number of hydrogen-bond acceptors (Lipinski definition) is 11. The highest BCUT2D eigenvalue weighted by atomic mass is 32.2. The molecule has 0 bridgehead atoms. The molecular formula is C17H16N6O6S. The lowest BCUT2D eigenvalue weighted by Gasteiger charge is -2.11. The van der Waals surface area contributed by atoms with Gasteiger partial charge in [-0.1, -0.05) is 11.8 Å². The molecule has 0 aliphatic carbocycles. The Morgan fingerprint density at radius 3 is 2.70 bits per heavy atom. The first-order valence-corrected chi connectivity index (χ1v) is 9.54. The number of primary amides is 1. The van der Waals surface area contributed by atoms with E-state index in [1.54, 1.807) is 13.2 Å². The van der Waals surface area contributed by atoms with Crippen molar-refractivity contribution in [2.24, 2.45) is 5.73 Å². The number of esters is 1. The van der Waals surface area contributed by atoms with Gasteiger partial charge < -0.3 is 20.5 Å². The minimum Gasteiger partial charge on any atom is -0.465 e. The van der Waals surface area contributed by atoms with Gasteiger partial charge in [-0.05, 0) is 31.4 Å². The maximum atomic E-state index is 11.6. The number of nitrogens with two attached hydrogens (primary N) is 1. The zero-order chi connectivity index (χ0) is 22.3. The van der Waals surface area contributed by atoms with Gasteiger partial charge in [0.15, 0.2) is 5.16 Å². The molecule has 2 aromatic rings. The van der Waals surface area contributed by atoms with Crippen molar-refractivity contribution in [3.05, 3.63) is 39.4 Å². The van der Waals surface area contributed by atoms with Gasteiger partial charge in [-0.25, -0.2) is 0 Å². The number of hydrogen-bond donors (Lipinski definition) is 2. The van der Waals surface area contributed by atoms with Crippen LogP contribution in [0, 0.1) is 21.4 Å². The zero-order valence-electron chi connectivity index (χ0n) is 15.9. The van der Waals surface area contributed by atoms with E-state index < -0.39 is 28.4 Å². The van der Waals surface area contributed by atoms with Crippen LogP contribution in [0.4, 0.5) is 11.5 Å². The van der Waals surface area contributed by atoms with Gasteiger partial charge in [0.1, 0.15) is 12.3 Å². The Balaban J connectivity index is 2.49. The van der Waals surface area contributed by atoms with E-state index in [9.17, 15) is 19.7 Å². The fraction of sp³-hybridized carbons (Fsp3) is 0.235. The number of carbonyl (C=O) groups is 2. The average molecular weight is 432 g/mol. The topological polar surface area (TPSA) is 183 Å². The number of amides is 1. The van der Waals surface area contributed by atoms with Crippen LogP contribution in [0.1, 0.15) is 22.8 Å². The molecule has 0 aliphatic heterocycles. The molecule has 0 fully saturated rings. The van der Waals surface area contributed by atoms with Crippen molar-refractivity contribution in [1.29, 1.82) is 5.26 Å². The van der Waals surface area contributed by atoms with Gasteiger partial charge in [0.25, 0.3) is 0 Å². The summed E-state index contributed by atoms with van der Waals surface area (Å²) < 4.78 is 10.3. The van der Waals surface area contributed by atoms with Gasteiger partial charge in [0.05, 0.1) is 28.7 Å². The summed E-state index contributed by atoms with van der Waals surface area (Å²) in [5.41, 5.74) is 4.54. The number of nitriles is 1. The largest absolute Gasteiger partial charge is 0.465 e. The molecule has 12 nitrogen and oxygen atoms in total. The fourth-order valence-electron chi connectivity index (χ4n) is 2.23. The third-order valence-electron chi connectivity index (χ3n) is 3.49. The van der Waals surface area contributed by atoms with Gasteiger partial charge >= 0.3 is 17.5 Å². The van der Waals surface area contributed by atoms with Crippen LogP contribution in [-0.2, 0) is 9.53 Å². The SMILES string of the molecule is CCOC(=O)CNc1nc(SC)nc(Oc2ccc(C#N)c(C(N)=O)c2)c1[N+](=O)[O-]. The predicted molar refractivity (Wildman–Crippen MR) is 105 cm³/mol. The van der Waals surface area contributed by atoms with Crippen molar-refractivity contribution in [3.63, 3.8) is 0 Å². The first-order valence-electron chi connectivity index (χ1n) is 8.32. The summed E-state index contributed by atoms with van der Waals surface area (Å²) >= 11 is 1.09. The third-order valence-corrected chi connectivity index (χ3v) is 4.04. The highest BCUT2D eigenvalue weighted by Gasteiger charge is 2.28. The van der Waals surface area contributed by atoms with E-state index in [2.05, 4.69) is 15.3 Å². The molecule has 1 aromatic carbocycles. The van der Waals surface area contributed by atoms with Crippen LogP contribution < -0.4 is 15.8 Å². The first-order chi connectivity index (χ1) is 14.3. The van der Waals surface area contributed by atoms with Crippen molar-refractivity contribution < 1.29 is 24.0 Å². The smallest absolute Gasteiger partial charge is 0.373 e. The molecule has 1 heterocycles. The molecule has 0 spiro atoms. The molecule has 156 valence electrons. The molecule has 1 amide bonds. The number of ether oxygens (including phenoxy) is 2. The van der Waals surface area contributed by atoms with Crippen molar-refractivity contribution in [1.82, 2.24) is 9.97 Å². The summed E-state index contributed by atoms with van der Waals surface area (Å²) in [5, 5.41) is 23.4. The standard InChI is InChI=1S/C17H16N6O6S/c1-3-28-12(24)8-20-15-13(23(26)27)16(22-17(21-15)30-2)29-10-5-4-9(7-18)11(6-10)14(19)25/h4-6H,3,8H2,1-2H3,(H2,19,25)(H,20,21,22). The van der Waals surface area contributed by atoms with Crippen molar-refractivity contribution in [2.75, 3.05) is 24.7 Å². The Hall–Kier alpha value is -3.92. The third kappa shape index (κ3) is 5.32. The Labute approximate surface area is 174 Å². The molecule has 30 heavy (non-hydrogen) atoms. The van der Waals surface area contributed by atoms with Gasteiger partial charge in [-0.2, -0.15) is 15.2 Å². The number of benzene rings is 1. The van der Waals surface area contributed by atoms with E-state index in [1.807, 2.05) is 6.07 Å². The summed E-state index contributed by atoms with van der Waals surface area (Å²) in [4.78, 5) is 42.0. The molecular weight excluding hydrogens is 416 g/mol. The van der Waals surface area contributed by atoms with Gasteiger partial charge in [0.2, 0.25) is 11.7 Å². The number of rotatable bonds is 9. The molecule has 13 heteroatoms. The zero-order valence-corrected chi connectivity index (χ0v) is 16.7. The first kappa shape index (κ1) is 22.4. The molecule has 0 saturated carbocycles. The van der Waals surface area contributed by atoms with E-state index >= 15 is 0 Å². The summed E-state index contributed by atoms with van der Waals surface area (Å²) in [6, 6.07) is 5.62. The van der Waals surface area contributed by atoms with Crippen molar-refractivity contribution in [2.45, 2.75) is 12.1 Å². The Morgan fingerprint density at radius 2 is 2.13 bits per heavy atom. The molecule has 2 rings (SSSR count). The molecule has 0 aliphatic rings. The number of thioether (sulfide) groups is 1. The van der Waals surface area contributed by atoms with Gasteiger partial charge in [0, 0.05) is 0 Å². The second kappa shape index (κ2) is 10.0. The number of nitrogens with one attached hydrogen (secondary N) is 1. The van der Waals surface area contributed by atoms with Crippen LogP contribution in [0.2, 0.25) is 0 Å². The molecule has 0 saturated heterocycles. The van der Waals surface area contributed by atoms with E-state index in [-0.39, 0.29) is 41.0 Å². The normalized spacial score (nSPS) is 10.0. The maximum Gasteiger partial charge on any atom is 0.373 e. The Kier molecular flexibility index (Phi) is 7.48. The predicted octanol–water partition coefficient (Wildman–Crippen LogP) is 1.84. The molecule has 0 unspecified atom stereocenters. The highest BCUT2D eigenvalue weighted by molar-refractivity contribution is 7.98. The Morgan fingerprint density at radius 1 is 1.40 bits per heavy atom. The molecule has 0 atom stereocenters. The van der Waals surface area contributed by atoms with Crippen LogP contribution in [-0.4, -0.2) is 46.2 Å². The van der Waals surface area contributed by atoms with Crippen molar-refractivity contribution >= 4 is 35.1 Å². The minimum absolute atomic E-state index is 0.00649. The van der Waals surface area contributed by atoms with Crippen LogP contribution in [0.25, 0.3) is 0 Å². The number of anilines is 1. The summed E-state index contributed by atoms with van der Waals surface area (Å²) in [5.74, 6) is -2.17. The van der Waals surface area contributed by atoms with Crippen LogP contribution in [0.5, 0.6) is 11.6 Å². The number of carbonyl (C=O) groups excluding carboxylic acids is 2. The Bertz CT molecular complexity index is 1040. The van der Waals surface area contributed by atoms with Crippen LogP contribution in [0.15, 0.2) is 23.4 Å². The maximum absolute atomic E-state index is 11.6. The second-order valence-corrected chi connectivity index (χ2v) is 6.19. The lowest BCUT2D eigenvalue weighted by molar-refractivity contribution is -0.385. The van der Waals surface area contributed by atoms with Crippen LogP contribution in [0.3, 0.4) is 0 Å². The second-order valence-electron chi connectivity index (χ2n) is 5.41. The van der Waals surface area contributed by atoms with Gasteiger partial charge in [-0.3, -0.25) is 19.7 Å². The minimum atomic E-state index is -0.865. The summed E-state index contributed by atoms with van der Waals surface area (Å²) in [6.07, 6.45) is 1.65. The molecule has 1 aromatic heterocycles. The van der Waals surface area contributed by atoms with E-state index in [0.29, 0.717) is 0 Å². The number of nitrogens with zero attached hydrogens (tertiary/aromatic N) is 4. The summed E-state index contributed by atoms with van der Waals surface area (Å²) in [6.45, 7) is 1.42. The average Bonchev–Trinajstić information content (AvgIpc) is 2.71. The number of nitro groups is 1. The van der Waals surface area contributed by atoms with E-state index in [0.717, 1.165) is 11.8 Å². The van der Waals surface area contributed by atoms with Crippen molar-refractivity contribution in [3.8, 4) is 17.7 Å². The molecule has 0 radical (unpaired) electrons. The van der Waals surface area contributed by atoms with E-state index in [1.165, 1.54) is 18.2 Å². The van der Waals surface area contributed by atoms with Gasteiger partial charge in [-0.15, -0.1) is 0 Å². The molecule has 3 N–H and O–H groups in total. The number of aromatic nitrogens is 2. The fourth-order valence-corrected chi connectivity index (χ4v) is 2.59. The quantitative estimate of drug-likeness (QED) is 0.194. The lowest BCUT2D eigenvalue weighted by Crippen LogP contribution is -2.18. The monoisotopic (exact) mass is 432 g/mol. The lowest BCUT2D eigenvalue weighted by atomic mass is 10.1. The highest BCUT2D eigenvalue weighted by Crippen LogP contribution is 2.36. The summed E-state index contributed by atoms with van der Waals surface area (Å²) in [7, 11) is 0. The van der Waals surface area contributed by atoms with Crippen LogP contribution >= 0.6 is 11.8 Å². The van der Waals surface area contributed by atoms with E-state index in [4.69, 9.17) is 20.5 Å².